The van der Waals surface area contributed by atoms with Gasteiger partial charge in [0.25, 0.3) is 5.88 Å². The molecule has 1 fully saturated rings. The van der Waals surface area contributed by atoms with Crippen molar-refractivity contribution in [2.75, 3.05) is 0 Å². The van der Waals surface area contributed by atoms with Crippen molar-refractivity contribution in [2.45, 2.75) is 83.0 Å². The number of aromatic nitrogens is 5. The number of ether oxygens (including phenoxy) is 1. The van der Waals surface area contributed by atoms with Crippen LogP contribution in [0.4, 0.5) is 0 Å². The Morgan fingerprint density at radius 2 is 1.91 bits per heavy atom. The number of carbonyl (C=O) groups is 1. The lowest BCUT2D eigenvalue weighted by molar-refractivity contribution is 0.00674. The molecule has 1 aromatic carbocycles. The van der Waals surface area contributed by atoms with E-state index < -0.39 is 11.6 Å². The molecule has 0 saturated heterocycles. The summed E-state index contributed by atoms with van der Waals surface area (Å²) in [7, 11) is 0. The van der Waals surface area contributed by atoms with Crippen LogP contribution in [0.3, 0.4) is 0 Å². The summed E-state index contributed by atoms with van der Waals surface area (Å²) >= 11 is 0. The van der Waals surface area contributed by atoms with Gasteiger partial charge in [-0.05, 0) is 56.1 Å². The minimum atomic E-state index is -1.12. The van der Waals surface area contributed by atoms with Crippen LogP contribution in [0, 0.1) is 0 Å². The number of nitrogens with one attached hydrogen (secondary N) is 1. The van der Waals surface area contributed by atoms with E-state index in [1.54, 1.807) is 0 Å². The SMILES string of the molecule is CCCC(O)(CC)Cn1ccc(-c2ccc(C3CCC(Oc4nn[nH]c4C(=O)O)CC3)cc2)n1. The largest absolute Gasteiger partial charge is 0.476 e. The van der Waals surface area contributed by atoms with Gasteiger partial charge in [0.1, 0.15) is 6.10 Å². The van der Waals surface area contributed by atoms with Gasteiger partial charge in [0.05, 0.1) is 17.8 Å². The van der Waals surface area contributed by atoms with E-state index in [2.05, 4.69) is 51.7 Å². The smallest absolute Gasteiger partial charge is 0.359 e. The topological polar surface area (TPSA) is 126 Å². The minimum absolute atomic E-state index is 0.0582. The Labute approximate surface area is 199 Å². The summed E-state index contributed by atoms with van der Waals surface area (Å²) in [6, 6.07) is 10.5. The predicted octanol–water partition coefficient (Wildman–Crippen LogP) is 4.41. The number of carboxylic acids is 1. The first-order chi connectivity index (χ1) is 16.4. The van der Waals surface area contributed by atoms with Gasteiger partial charge in [-0.1, -0.05) is 54.8 Å². The Kier molecular flexibility index (Phi) is 7.31. The number of carboxylic acid groups (broad SMARTS) is 1. The second kappa shape index (κ2) is 10.4. The van der Waals surface area contributed by atoms with Crippen molar-refractivity contribution in [3.05, 3.63) is 47.8 Å². The first-order valence-corrected chi connectivity index (χ1v) is 12.1. The zero-order chi connectivity index (χ0) is 24.1. The second-order valence-corrected chi connectivity index (χ2v) is 9.24. The number of aromatic amines is 1. The maximum atomic E-state index is 11.2. The van der Waals surface area contributed by atoms with Gasteiger partial charge in [0.15, 0.2) is 0 Å². The number of hydrogen-bond acceptors (Lipinski definition) is 6. The summed E-state index contributed by atoms with van der Waals surface area (Å²) < 4.78 is 7.64. The number of aromatic carboxylic acids is 1. The molecule has 0 radical (unpaired) electrons. The van der Waals surface area contributed by atoms with Crippen LogP contribution in [0.2, 0.25) is 0 Å². The van der Waals surface area contributed by atoms with Crippen molar-refractivity contribution in [2.24, 2.45) is 0 Å². The zero-order valence-corrected chi connectivity index (χ0v) is 19.8. The molecule has 34 heavy (non-hydrogen) atoms. The Balaban J connectivity index is 1.33. The number of aliphatic hydroxyl groups is 1. The molecule has 4 rings (SSSR count). The molecule has 1 aliphatic carbocycles. The van der Waals surface area contributed by atoms with Gasteiger partial charge in [-0.15, -0.1) is 0 Å². The minimum Gasteiger partial charge on any atom is -0.476 e. The van der Waals surface area contributed by atoms with Crippen LogP contribution >= 0.6 is 0 Å². The number of nitrogens with zero attached hydrogens (tertiary/aromatic N) is 4. The quantitative estimate of drug-likeness (QED) is 0.403. The molecule has 1 saturated carbocycles. The van der Waals surface area contributed by atoms with Crippen LogP contribution in [0.5, 0.6) is 5.88 Å². The summed E-state index contributed by atoms with van der Waals surface area (Å²) in [6.07, 6.45) is 7.89. The number of rotatable bonds is 10. The zero-order valence-electron chi connectivity index (χ0n) is 19.8. The molecule has 2 heterocycles. The van der Waals surface area contributed by atoms with Gasteiger partial charge in [0.2, 0.25) is 5.69 Å². The van der Waals surface area contributed by atoms with E-state index in [4.69, 9.17) is 9.84 Å². The third-order valence-corrected chi connectivity index (χ3v) is 6.83. The fraction of sp³-hybridized carbons (Fsp3) is 0.520. The van der Waals surface area contributed by atoms with Crippen molar-refractivity contribution in [3.8, 4) is 17.1 Å². The number of benzene rings is 1. The second-order valence-electron chi connectivity index (χ2n) is 9.24. The lowest BCUT2D eigenvalue weighted by atomic mass is 9.82. The van der Waals surface area contributed by atoms with Crippen LogP contribution in [-0.2, 0) is 6.54 Å². The molecule has 1 unspecified atom stereocenters. The molecule has 3 N–H and O–H groups in total. The van der Waals surface area contributed by atoms with Gasteiger partial charge in [-0.2, -0.15) is 5.10 Å². The monoisotopic (exact) mass is 467 g/mol. The molecular formula is C25H33N5O4. The molecule has 1 aliphatic rings. The van der Waals surface area contributed by atoms with E-state index in [1.165, 1.54) is 5.56 Å². The summed E-state index contributed by atoms with van der Waals surface area (Å²) in [6.45, 7) is 4.60. The first-order valence-electron chi connectivity index (χ1n) is 12.1. The van der Waals surface area contributed by atoms with Crippen molar-refractivity contribution >= 4 is 5.97 Å². The molecule has 0 spiro atoms. The van der Waals surface area contributed by atoms with E-state index in [-0.39, 0.29) is 17.7 Å². The maximum absolute atomic E-state index is 11.2. The summed E-state index contributed by atoms with van der Waals surface area (Å²) in [5, 5.41) is 34.3. The van der Waals surface area contributed by atoms with Crippen molar-refractivity contribution in [3.63, 3.8) is 0 Å². The molecule has 2 aromatic heterocycles. The lowest BCUT2D eigenvalue weighted by Crippen LogP contribution is -2.33. The number of H-pyrrole nitrogens is 1. The Morgan fingerprint density at radius 3 is 2.56 bits per heavy atom. The summed E-state index contributed by atoms with van der Waals surface area (Å²) in [5.74, 6) is -0.622. The van der Waals surface area contributed by atoms with Crippen molar-refractivity contribution < 1.29 is 19.7 Å². The molecule has 9 nitrogen and oxygen atoms in total. The summed E-state index contributed by atoms with van der Waals surface area (Å²) in [4.78, 5) is 11.2. The fourth-order valence-electron chi connectivity index (χ4n) is 4.78. The molecule has 3 aromatic rings. The van der Waals surface area contributed by atoms with Crippen LogP contribution in [-0.4, -0.2) is 53.1 Å². The Hall–Kier alpha value is -3.20. The molecular weight excluding hydrogens is 434 g/mol. The highest BCUT2D eigenvalue weighted by Gasteiger charge is 2.27. The third kappa shape index (κ3) is 5.47. The Morgan fingerprint density at radius 1 is 1.18 bits per heavy atom. The van der Waals surface area contributed by atoms with E-state index >= 15 is 0 Å². The first kappa shape index (κ1) is 23.9. The molecule has 182 valence electrons. The van der Waals surface area contributed by atoms with Gasteiger partial charge in [-0.3, -0.25) is 4.68 Å². The standard InChI is InChI=1S/C25H33N5O4/c1-3-14-25(33,4-2)16-30-15-13-21(28-30)19-7-5-17(6-8-19)18-9-11-20(12-10-18)34-23-22(24(31)32)26-29-27-23/h5-8,13,15,18,20,33H,3-4,9-12,14,16H2,1-2H3,(H,31,32)(H,26,27,29). The number of hydrogen-bond donors (Lipinski definition) is 3. The fourth-order valence-corrected chi connectivity index (χ4v) is 4.78. The average Bonchev–Trinajstić information content (AvgIpc) is 3.50. The van der Waals surface area contributed by atoms with Crippen LogP contribution < -0.4 is 4.74 Å². The molecule has 0 amide bonds. The van der Waals surface area contributed by atoms with Gasteiger partial charge in [0, 0.05) is 11.8 Å². The average molecular weight is 468 g/mol. The molecule has 0 bridgehead atoms. The highest BCUT2D eigenvalue weighted by Crippen LogP contribution is 2.35. The third-order valence-electron chi connectivity index (χ3n) is 6.83. The van der Waals surface area contributed by atoms with Gasteiger partial charge < -0.3 is 14.9 Å². The maximum Gasteiger partial charge on any atom is 0.359 e. The molecule has 0 aliphatic heterocycles. The van der Waals surface area contributed by atoms with Crippen molar-refractivity contribution in [1.29, 1.82) is 0 Å². The molecule has 9 heteroatoms. The van der Waals surface area contributed by atoms with Gasteiger partial charge >= 0.3 is 5.97 Å². The Bertz CT molecular complexity index is 1080. The van der Waals surface area contributed by atoms with E-state index in [9.17, 15) is 9.90 Å². The van der Waals surface area contributed by atoms with E-state index in [1.807, 2.05) is 23.9 Å². The molecule has 1 atom stereocenters. The van der Waals surface area contributed by atoms with E-state index in [0.717, 1.165) is 49.8 Å². The van der Waals surface area contributed by atoms with Gasteiger partial charge in [-0.25, -0.2) is 9.89 Å². The summed E-state index contributed by atoms with van der Waals surface area (Å²) in [5.41, 5.74) is 2.43. The van der Waals surface area contributed by atoms with Crippen LogP contribution in [0.15, 0.2) is 36.5 Å². The predicted molar refractivity (Wildman–Crippen MR) is 127 cm³/mol. The highest BCUT2D eigenvalue weighted by atomic mass is 16.5. The normalized spacial score (nSPS) is 20.1. The van der Waals surface area contributed by atoms with Crippen LogP contribution in [0.1, 0.15) is 80.8 Å². The van der Waals surface area contributed by atoms with Crippen LogP contribution in [0.25, 0.3) is 11.3 Å². The highest BCUT2D eigenvalue weighted by molar-refractivity contribution is 5.87. The van der Waals surface area contributed by atoms with Crippen molar-refractivity contribution in [1.82, 2.24) is 25.2 Å². The van der Waals surface area contributed by atoms with E-state index in [0.29, 0.717) is 18.9 Å². The lowest BCUT2D eigenvalue weighted by Gasteiger charge is -2.28.